The van der Waals surface area contributed by atoms with Gasteiger partial charge >= 0.3 is 0 Å². The van der Waals surface area contributed by atoms with E-state index in [9.17, 15) is 9.59 Å². The zero-order chi connectivity index (χ0) is 29.9. The number of fused-ring (bicyclic) bond motifs is 1. The van der Waals surface area contributed by atoms with Crippen molar-refractivity contribution in [2.45, 2.75) is 58.8 Å². The summed E-state index contributed by atoms with van der Waals surface area (Å²) >= 11 is 0. The molecule has 0 aliphatic heterocycles. The first kappa shape index (κ1) is 30.9. The minimum atomic E-state index is -0.642. The van der Waals surface area contributed by atoms with Gasteiger partial charge in [-0.25, -0.2) is 4.98 Å². The average molecular weight is 569 g/mol. The molecule has 2 atom stereocenters. The van der Waals surface area contributed by atoms with E-state index in [0.717, 1.165) is 47.2 Å². The van der Waals surface area contributed by atoms with Crippen LogP contribution in [0.5, 0.6) is 0 Å². The summed E-state index contributed by atoms with van der Waals surface area (Å²) in [6.45, 7) is 9.53. The van der Waals surface area contributed by atoms with Gasteiger partial charge in [-0.1, -0.05) is 68.4 Å². The lowest BCUT2D eigenvalue weighted by Crippen LogP contribution is -2.47. The highest BCUT2D eigenvalue weighted by Gasteiger charge is 2.24. The number of carbonyl (C=O) groups excluding carboxylic acids is 2. The molecule has 0 aliphatic carbocycles. The molecule has 0 bridgehead atoms. The van der Waals surface area contributed by atoms with Gasteiger partial charge in [0.2, 0.25) is 5.91 Å². The first-order valence-electron chi connectivity index (χ1n) is 14.9. The lowest BCUT2D eigenvalue weighted by atomic mass is 9.99. The molecule has 0 saturated heterocycles. The van der Waals surface area contributed by atoms with Crippen LogP contribution in [0.2, 0.25) is 0 Å². The molecule has 8 heteroatoms. The third-order valence-electron chi connectivity index (χ3n) is 7.37. The summed E-state index contributed by atoms with van der Waals surface area (Å²) in [4.78, 5) is 36.4. The molecule has 42 heavy (non-hydrogen) atoms. The Kier molecular flexibility index (Phi) is 11.3. The standard InChI is InChI=1S/C34H44N6O2/c1-24(2)23-40(4)20-8-13-31(34(42)38-25(3)29-12-7-10-27-9-5-6-11-30(27)29)39-33(41)28-16-14-26(15-17-28)21-35-22-32-36-18-19-37-32/h5-7,9-12,14-19,24-25,31,35H,8,13,20-23H2,1-4H3,(H,36,37)(H,38,42)(H,39,41)/t25-,31-/m0/s1. The second kappa shape index (κ2) is 15.3. The van der Waals surface area contributed by atoms with Crippen LogP contribution < -0.4 is 16.0 Å². The molecule has 1 aromatic heterocycles. The Morgan fingerprint density at radius 3 is 2.43 bits per heavy atom. The van der Waals surface area contributed by atoms with Gasteiger partial charge in [0, 0.05) is 31.0 Å². The topological polar surface area (TPSA) is 102 Å². The fourth-order valence-electron chi connectivity index (χ4n) is 5.30. The summed E-state index contributed by atoms with van der Waals surface area (Å²) in [6.07, 6.45) is 4.87. The highest BCUT2D eigenvalue weighted by molar-refractivity contribution is 5.97. The average Bonchev–Trinajstić information content (AvgIpc) is 3.50. The van der Waals surface area contributed by atoms with Crippen molar-refractivity contribution in [2.24, 2.45) is 5.92 Å². The van der Waals surface area contributed by atoms with Gasteiger partial charge in [-0.2, -0.15) is 0 Å². The van der Waals surface area contributed by atoms with Crippen molar-refractivity contribution in [1.82, 2.24) is 30.8 Å². The quantitative estimate of drug-likeness (QED) is 0.158. The SMILES string of the molecule is CC(C)CN(C)CCC[C@H](NC(=O)c1ccc(CNCc2ncc[nH]2)cc1)C(=O)N[C@@H](C)c1cccc2ccccc12. The molecule has 3 aromatic carbocycles. The van der Waals surface area contributed by atoms with Crippen LogP contribution in [0.15, 0.2) is 79.1 Å². The first-order chi connectivity index (χ1) is 20.3. The van der Waals surface area contributed by atoms with Crippen LogP contribution in [-0.2, 0) is 17.9 Å². The van der Waals surface area contributed by atoms with Crippen LogP contribution in [0.4, 0.5) is 0 Å². The van der Waals surface area contributed by atoms with E-state index in [2.05, 4.69) is 69.9 Å². The molecule has 0 unspecified atom stereocenters. The minimum absolute atomic E-state index is 0.172. The van der Waals surface area contributed by atoms with E-state index in [4.69, 9.17) is 0 Å². The lowest BCUT2D eigenvalue weighted by molar-refractivity contribution is -0.123. The molecule has 0 spiro atoms. The first-order valence-corrected chi connectivity index (χ1v) is 14.9. The summed E-state index contributed by atoms with van der Waals surface area (Å²) in [5.74, 6) is 1.02. The molecule has 4 rings (SSSR count). The van der Waals surface area contributed by atoms with Crippen molar-refractivity contribution in [3.63, 3.8) is 0 Å². The van der Waals surface area contributed by atoms with Crippen molar-refractivity contribution in [3.05, 3.63) is 102 Å². The number of aromatic amines is 1. The van der Waals surface area contributed by atoms with Crippen LogP contribution >= 0.6 is 0 Å². The zero-order valence-electron chi connectivity index (χ0n) is 25.2. The Bertz CT molecular complexity index is 1410. The molecule has 4 aromatic rings. The minimum Gasteiger partial charge on any atom is -0.348 e. The number of nitrogens with one attached hydrogen (secondary N) is 4. The van der Waals surface area contributed by atoms with Crippen molar-refractivity contribution in [3.8, 4) is 0 Å². The van der Waals surface area contributed by atoms with Gasteiger partial charge < -0.3 is 25.8 Å². The van der Waals surface area contributed by atoms with E-state index in [1.807, 2.05) is 55.5 Å². The van der Waals surface area contributed by atoms with Crippen LogP contribution in [-0.4, -0.2) is 52.9 Å². The predicted octanol–water partition coefficient (Wildman–Crippen LogP) is 5.20. The van der Waals surface area contributed by atoms with Gasteiger partial charge in [0.15, 0.2) is 0 Å². The fraction of sp³-hybridized carbons (Fsp3) is 0.382. The predicted molar refractivity (Wildman–Crippen MR) is 169 cm³/mol. The van der Waals surface area contributed by atoms with E-state index in [-0.39, 0.29) is 17.9 Å². The molecule has 0 saturated carbocycles. The van der Waals surface area contributed by atoms with Gasteiger partial charge in [0.05, 0.1) is 12.6 Å². The van der Waals surface area contributed by atoms with Gasteiger partial charge in [-0.05, 0) is 73.3 Å². The van der Waals surface area contributed by atoms with E-state index in [0.29, 0.717) is 31.0 Å². The van der Waals surface area contributed by atoms with E-state index in [1.54, 1.807) is 12.4 Å². The zero-order valence-corrected chi connectivity index (χ0v) is 25.2. The molecule has 0 fully saturated rings. The summed E-state index contributed by atoms with van der Waals surface area (Å²) in [5.41, 5.74) is 2.64. The summed E-state index contributed by atoms with van der Waals surface area (Å²) in [6, 6.07) is 20.9. The maximum atomic E-state index is 13.6. The highest BCUT2D eigenvalue weighted by Crippen LogP contribution is 2.24. The van der Waals surface area contributed by atoms with Gasteiger partial charge in [0.1, 0.15) is 11.9 Å². The number of amides is 2. The number of H-pyrrole nitrogens is 1. The van der Waals surface area contributed by atoms with E-state index >= 15 is 0 Å². The highest BCUT2D eigenvalue weighted by atomic mass is 16.2. The second-order valence-corrected chi connectivity index (χ2v) is 11.5. The lowest BCUT2D eigenvalue weighted by Gasteiger charge is -2.24. The molecule has 0 aliphatic rings. The second-order valence-electron chi connectivity index (χ2n) is 11.5. The van der Waals surface area contributed by atoms with Crippen LogP contribution in [0.1, 0.15) is 67.0 Å². The number of hydrogen-bond donors (Lipinski definition) is 4. The van der Waals surface area contributed by atoms with Crippen molar-refractivity contribution in [1.29, 1.82) is 0 Å². The molecular formula is C34H44N6O2. The summed E-state index contributed by atoms with van der Waals surface area (Å²) in [7, 11) is 2.10. The van der Waals surface area contributed by atoms with Crippen LogP contribution in [0, 0.1) is 5.92 Å². The fourth-order valence-corrected chi connectivity index (χ4v) is 5.30. The Balaban J connectivity index is 1.40. The van der Waals surface area contributed by atoms with Crippen molar-refractivity contribution >= 4 is 22.6 Å². The molecule has 8 nitrogen and oxygen atoms in total. The maximum Gasteiger partial charge on any atom is 0.251 e. The van der Waals surface area contributed by atoms with Gasteiger partial charge in [-0.15, -0.1) is 0 Å². The molecule has 2 amide bonds. The normalized spacial score (nSPS) is 12.9. The Labute approximate surface area is 249 Å². The summed E-state index contributed by atoms with van der Waals surface area (Å²) < 4.78 is 0. The van der Waals surface area contributed by atoms with Crippen molar-refractivity contribution in [2.75, 3.05) is 20.1 Å². The third kappa shape index (κ3) is 8.99. The van der Waals surface area contributed by atoms with E-state index < -0.39 is 6.04 Å². The molecule has 222 valence electrons. The maximum absolute atomic E-state index is 13.6. The Hall–Kier alpha value is -4.01. The van der Waals surface area contributed by atoms with Crippen LogP contribution in [0.25, 0.3) is 10.8 Å². The number of rotatable bonds is 15. The largest absolute Gasteiger partial charge is 0.348 e. The number of hydrogen-bond acceptors (Lipinski definition) is 5. The molecule has 1 heterocycles. The number of aromatic nitrogens is 2. The number of nitrogens with zero attached hydrogens (tertiary/aromatic N) is 2. The van der Waals surface area contributed by atoms with E-state index in [1.165, 1.54) is 0 Å². The van der Waals surface area contributed by atoms with Crippen LogP contribution in [0.3, 0.4) is 0 Å². The smallest absolute Gasteiger partial charge is 0.251 e. The molecule has 0 radical (unpaired) electrons. The Morgan fingerprint density at radius 2 is 1.69 bits per heavy atom. The van der Waals surface area contributed by atoms with Gasteiger partial charge in [0.25, 0.3) is 5.91 Å². The number of imidazole rings is 1. The third-order valence-corrected chi connectivity index (χ3v) is 7.37. The molecular weight excluding hydrogens is 524 g/mol. The van der Waals surface area contributed by atoms with Crippen molar-refractivity contribution < 1.29 is 9.59 Å². The Morgan fingerprint density at radius 1 is 0.929 bits per heavy atom. The number of benzene rings is 3. The summed E-state index contributed by atoms with van der Waals surface area (Å²) in [5, 5.41) is 11.8. The number of carbonyl (C=O) groups is 2. The molecule has 4 N–H and O–H groups in total. The monoisotopic (exact) mass is 568 g/mol. The van der Waals surface area contributed by atoms with Gasteiger partial charge in [-0.3, -0.25) is 9.59 Å².